The molecule has 5 heteroatoms. The van der Waals surface area contributed by atoms with E-state index in [1.54, 1.807) is 18.2 Å². The molecule has 0 aliphatic rings. The molecule has 4 nitrogen and oxygen atoms in total. The summed E-state index contributed by atoms with van der Waals surface area (Å²) in [6.45, 7) is 0.263. The van der Waals surface area contributed by atoms with Crippen molar-refractivity contribution in [1.82, 2.24) is 5.32 Å². The van der Waals surface area contributed by atoms with Crippen LogP contribution in [0.15, 0.2) is 30.3 Å². The first-order valence-electron chi connectivity index (χ1n) is 5.42. The molecule has 0 spiro atoms. The van der Waals surface area contributed by atoms with Crippen molar-refractivity contribution in [2.75, 3.05) is 20.8 Å². The molecule has 1 aromatic rings. The first-order valence-corrected chi connectivity index (χ1v) is 5.42. The van der Waals surface area contributed by atoms with Gasteiger partial charge < -0.3 is 14.8 Å². The number of amides is 1. The normalized spacial score (nSPS) is 11.1. The zero-order valence-electron chi connectivity index (χ0n) is 10.4. The van der Waals surface area contributed by atoms with E-state index in [9.17, 15) is 9.18 Å². The van der Waals surface area contributed by atoms with Gasteiger partial charge in [-0.25, -0.2) is 4.39 Å². The molecule has 0 aliphatic heterocycles. The maximum atomic E-state index is 12.6. The minimum atomic E-state index is -0.465. The Morgan fingerprint density at radius 2 is 1.94 bits per heavy atom. The van der Waals surface area contributed by atoms with Gasteiger partial charge in [0.25, 0.3) is 0 Å². The SMILES string of the molecule is COC(CNC(=O)/C=C/c1ccc(F)cc1)OC. The molecule has 0 heterocycles. The summed E-state index contributed by atoms with van der Waals surface area (Å²) in [6.07, 6.45) is 2.51. The van der Waals surface area contributed by atoms with Crippen LogP contribution in [0.1, 0.15) is 5.56 Å². The Kier molecular flexibility index (Phi) is 6.04. The van der Waals surface area contributed by atoms with Crippen LogP contribution >= 0.6 is 0 Å². The first kappa shape index (κ1) is 14.3. The number of methoxy groups -OCH3 is 2. The molecule has 0 saturated heterocycles. The van der Waals surface area contributed by atoms with Crippen molar-refractivity contribution in [2.45, 2.75) is 6.29 Å². The van der Waals surface area contributed by atoms with Crippen LogP contribution in [0.3, 0.4) is 0 Å². The van der Waals surface area contributed by atoms with E-state index in [2.05, 4.69) is 5.32 Å². The van der Waals surface area contributed by atoms with Crippen molar-refractivity contribution >= 4 is 12.0 Å². The van der Waals surface area contributed by atoms with Crippen LogP contribution in [-0.2, 0) is 14.3 Å². The van der Waals surface area contributed by atoms with Gasteiger partial charge in [-0.1, -0.05) is 12.1 Å². The number of carbonyl (C=O) groups excluding carboxylic acids is 1. The highest BCUT2D eigenvalue weighted by molar-refractivity contribution is 5.91. The Morgan fingerprint density at radius 3 is 2.50 bits per heavy atom. The van der Waals surface area contributed by atoms with Crippen molar-refractivity contribution in [1.29, 1.82) is 0 Å². The third-order valence-corrected chi connectivity index (χ3v) is 2.27. The van der Waals surface area contributed by atoms with Crippen LogP contribution in [0.2, 0.25) is 0 Å². The quantitative estimate of drug-likeness (QED) is 0.618. The predicted octanol–water partition coefficient (Wildman–Crippen LogP) is 1.57. The number of rotatable bonds is 6. The van der Waals surface area contributed by atoms with Crippen LogP contribution < -0.4 is 5.32 Å². The summed E-state index contributed by atoms with van der Waals surface area (Å²) in [5.41, 5.74) is 0.751. The van der Waals surface area contributed by atoms with Gasteiger partial charge in [-0.15, -0.1) is 0 Å². The van der Waals surface area contributed by atoms with Gasteiger partial charge in [0.05, 0.1) is 6.54 Å². The molecule has 0 saturated carbocycles. The Balaban J connectivity index is 2.42. The molecule has 18 heavy (non-hydrogen) atoms. The van der Waals surface area contributed by atoms with Gasteiger partial charge >= 0.3 is 0 Å². The molecule has 1 N–H and O–H groups in total. The molecule has 0 radical (unpaired) electrons. The molecule has 1 rings (SSSR count). The van der Waals surface area contributed by atoms with E-state index in [4.69, 9.17) is 9.47 Å². The molecule has 1 amide bonds. The number of carbonyl (C=O) groups is 1. The molecule has 0 unspecified atom stereocenters. The van der Waals surface area contributed by atoms with Crippen molar-refractivity contribution in [3.63, 3.8) is 0 Å². The number of hydrogen-bond acceptors (Lipinski definition) is 3. The van der Waals surface area contributed by atoms with Crippen LogP contribution in [0.4, 0.5) is 4.39 Å². The highest BCUT2D eigenvalue weighted by atomic mass is 19.1. The van der Waals surface area contributed by atoms with Gasteiger partial charge in [0.1, 0.15) is 5.82 Å². The Bertz CT molecular complexity index is 399. The summed E-state index contributed by atoms with van der Waals surface area (Å²) in [5.74, 6) is -0.571. The minimum Gasteiger partial charge on any atom is -0.354 e. The van der Waals surface area contributed by atoms with Gasteiger partial charge in [-0.3, -0.25) is 4.79 Å². The number of nitrogens with one attached hydrogen (secondary N) is 1. The summed E-state index contributed by atoms with van der Waals surface area (Å²) in [7, 11) is 2.99. The summed E-state index contributed by atoms with van der Waals surface area (Å²) in [4.78, 5) is 11.4. The highest BCUT2D eigenvalue weighted by Gasteiger charge is 2.05. The van der Waals surface area contributed by atoms with Crippen molar-refractivity contribution < 1.29 is 18.7 Å². The number of benzene rings is 1. The van der Waals surface area contributed by atoms with E-state index >= 15 is 0 Å². The first-order chi connectivity index (χ1) is 8.65. The average Bonchev–Trinajstić information content (AvgIpc) is 2.39. The zero-order chi connectivity index (χ0) is 13.4. The van der Waals surface area contributed by atoms with Gasteiger partial charge in [0.15, 0.2) is 6.29 Å². The van der Waals surface area contributed by atoms with E-state index < -0.39 is 6.29 Å². The number of ether oxygens (including phenoxy) is 2. The zero-order valence-corrected chi connectivity index (χ0v) is 10.4. The Hall–Kier alpha value is -1.72. The predicted molar refractivity (Wildman–Crippen MR) is 66.2 cm³/mol. The van der Waals surface area contributed by atoms with Gasteiger partial charge in [-0.2, -0.15) is 0 Å². The van der Waals surface area contributed by atoms with E-state index in [-0.39, 0.29) is 18.3 Å². The summed E-state index contributed by atoms with van der Waals surface area (Å²) in [6, 6.07) is 5.85. The number of hydrogen-bond donors (Lipinski definition) is 1. The highest BCUT2D eigenvalue weighted by Crippen LogP contribution is 2.04. The van der Waals surface area contributed by atoms with Gasteiger partial charge in [0.2, 0.25) is 5.91 Å². The van der Waals surface area contributed by atoms with Crippen molar-refractivity contribution in [3.8, 4) is 0 Å². The number of halogens is 1. The van der Waals surface area contributed by atoms with Gasteiger partial charge in [0, 0.05) is 20.3 Å². The van der Waals surface area contributed by atoms with Crippen molar-refractivity contribution in [2.24, 2.45) is 0 Å². The van der Waals surface area contributed by atoms with Crippen LogP contribution in [0, 0.1) is 5.82 Å². The molecule has 0 atom stereocenters. The largest absolute Gasteiger partial charge is 0.354 e. The third-order valence-electron chi connectivity index (χ3n) is 2.27. The lowest BCUT2D eigenvalue weighted by Gasteiger charge is -2.12. The molecule has 98 valence electrons. The van der Waals surface area contributed by atoms with Crippen LogP contribution in [0.25, 0.3) is 6.08 Å². The monoisotopic (exact) mass is 253 g/mol. The Morgan fingerprint density at radius 1 is 1.33 bits per heavy atom. The third kappa shape index (κ3) is 5.07. The van der Waals surface area contributed by atoms with Gasteiger partial charge in [-0.05, 0) is 23.8 Å². The second-order valence-corrected chi connectivity index (χ2v) is 3.53. The average molecular weight is 253 g/mol. The summed E-state index contributed by atoms with van der Waals surface area (Å²) >= 11 is 0. The van der Waals surface area contributed by atoms with E-state index in [1.807, 2.05) is 0 Å². The molecule has 0 aromatic heterocycles. The maximum absolute atomic E-state index is 12.6. The van der Waals surface area contributed by atoms with E-state index in [1.165, 1.54) is 32.4 Å². The lowest BCUT2D eigenvalue weighted by Crippen LogP contribution is -2.33. The molecule has 0 bridgehead atoms. The summed E-state index contributed by atoms with van der Waals surface area (Å²) < 4.78 is 22.5. The summed E-state index contributed by atoms with van der Waals surface area (Å²) in [5, 5.41) is 2.62. The fraction of sp³-hybridized carbons (Fsp3) is 0.308. The molecule has 1 aromatic carbocycles. The van der Waals surface area contributed by atoms with E-state index in [0.717, 1.165) is 5.56 Å². The second kappa shape index (κ2) is 7.58. The maximum Gasteiger partial charge on any atom is 0.244 e. The fourth-order valence-corrected chi connectivity index (χ4v) is 1.25. The standard InChI is InChI=1S/C13H16FNO3/c1-17-13(18-2)9-15-12(16)8-5-10-3-6-11(14)7-4-10/h3-8,13H,9H2,1-2H3,(H,15,16)/b8-5+. The van der Waals surface area contributed by atoms with Crippen LogP contribution in [0.5, 0.6) is 0 Å². The van der Waals surface area contributed by atoms with E-state index in [0.29, 0.717) is 0 Å². The second-order valence-electron chi connectivity index (χ2n) is 3.53. The van der Waals surface area contributed by atoms with Crippen molar-refractivity contribution in [3.05, 3.63) is 41.7 Å². The Labute approximate surface area is 105 Å². The minimum absolute atomic E-state index is 0.263. The lowest BCUT2D eigenvalue weighted by molar-refractivity contribution is -0.123. The molecular formula is C13H16FNO3. The lowest BCUT2D eigenvalue weighted by atomic mass is 10.2. The smallest absolute Gasteiger partial charge is 0.244 e. The molecule has 0 aliphatic carbocycles. The molecular weight excluding hydrogens is 237 g/mol. The van der Waals surface area contributed by atoms with Crippen LogP contribution in [-0.4, -0.2) is 33.0 Å². The topological polar surface area (TPSA) is 47.6 Å². The molecule has 0 fully saturated rings. The fourth-order valence-electron chi connectivity index (χ4n) is 1.25.